The second-order valence-corrected chi connectivity index (χ2v) is 7.35. The number of amides is 1. The van der Waals surface area contributed by atoms with Crippen LogP contribution in [0.15, 0.2) is 11.6 Å². The van der Waals surface area contributed by atoms with Crippen LogP contribution in [0.4, 0.5) is 0 Å². The molecular formula is C19H34N2O. The van der Waals surface area contributed by atoms with E-state index in [4.69, 9.17) is 0 Å². The third kappa shape index (κ3) is 4.84. The topological polar surface area (TPSA) is 23.6 Å². The molecule has 22 heavy (non-hydrogen) atoms. The molecular weight excluding hydrogens is 272 g/mol. The number of rotatable bonds is 6. The molecule has 2 aliphatic rings. The lowest BCUT2D eigenvalue weighted by Gasteiger charge is -2.41. The normalized spacial score (nSPS) is 25.9. The van der Waals surface area contributed by atoms with Crippen molar-refractivity contribution in [2.75, 3.05) is 27.2 Å². The molecule has 126 valence electrons. The summed E-state index contributed by atoms with van der Waals surface area (Å²) in [7, 11) is 4.21. The van der Waals surface area contributed by atoms with Crippen molar-refractivity contribution in [1.82, 2.24) is 9.80 Å². The van der Waals surface area contributed by atoms with Gasteiger partial charge in [0.05, 0.1) is 0 Å². The second kappa shape index (κ2) is 8.71. The summed E-state index contributed by atoms with van der Waals surface area (Å²) < 4.78 is 0. The Morgan fingerprint density at radius 2 is 1.91 bits per heavy atom. The van der Waals surface area contributed by atoms with Crippen LogP contribution in [0, 0.1) is 5.92 Å². The summed E-state index contributed by atoms with van der Waals surface area (Å²) in [5.74, 6) is 0.907. The van der Waals surface area contributed by atoms with Crippen LogP contribution < -0.4 is 0 Å². The summed E-state index contributed by atoms with van der Waals surface area (Å²) in [4.78, 5) is 16.6. The van der Waals surface area contributed by atoms with Crippen LogP contribution in [0.2, 0.25) is 0 Å². The van der Waals surface area contributed by atoms with Gasteiger partial charge in [0.2, 0.25) is 5.91 Å². The Kier molecular flexibility index (Phi) is 6.94. The Bertz CT molecular complexity index is 389. The Hall–Kier alpha value is -0.830. The predicted molar refractivity (Wildman–Crippen MR) is 92.9 cm³/mol. The number of carbonyl (C=O) groups excluding carboxylic acids is 1. The molecule has 0 aromatic rings. The van der Waals surface area contributed by atoms with Gasteiger partial charge >= 0.3 is 0 Å². The van der Waals surface area contributed by atoms with Gasteiger partial charge in [-0.25, -0.2) is 0 Å². The first-order valence-electron chi connectivity index (χ1n) is 9.20. The molecule has 1 saturated carbocycles. The molecule has 0 spiro atoms. The maximum Gasteiger partial charge on any atom is 0.219 e. The molecule has 3 heteroatoms. The molecule has 0 bridgehead atoms. The van der Waals surface area contributed by atoms with Crippen molar-refractivity contribution < 1.29 is 4.79 Å². The molecule has 2 unspecified atom stereocenters. The van der Waals surface area contributed by atoms with E-state index in [-0.39, 0.29) is 5.91 Å². The highest BCUT2D eigenvalue weighted by atomic mass is 16.2. The molecule has 0 heterocycles. The summed E-state index contributed by atoms with van der Waals surface area (Å²) in [5.41, 5.74) is 1.66. The Morgan fingerprint density at radius 3 is 2.55 bits per heavy atom. The van der Waals surface area contributed by atoms with E-state index in [1.165, 1.54) is 51.4 Å². The number of nitrogens with zero attached hydrogens (tertiary/aromatic N) is 2. The minimum Gasteiger partial charge on any atom is -0.339 e. The van der Waals surface area contributed by atoms with Crippen LogP contribution in [0.3, 0.4) is 0 Å². The first-order chi connectivity index (χ1) is 10.6. The molecule has 1 fully saturated rings. The molecule has 0 aromatic heterocycles. The van der Waals surface area contributed by atoms with E-state index in [1.807, 2.05) is 0 Å². The molecule has 2 rings (SSSR count). The zero-order chi connectivity index (χ0) is 15.9. The standard InChI is InChI=1S/C19H34N2O/c1-16(22)21(15-9-14-20(2)3)19-13-8-7-12-18(19)17-10-5-4-6-11-17/h10,18-19H,4-9,11-15H2,1-3H3. The first kappa shape index (κ1) is 17.5. The van der Waals surface area contributed by atoms with Crippen LogP contribution in [0.25, 0.3) is 0 Å². The zero-order valence-corrected chi connectivity index (χ0v) is 14.8. The van der Waals surface area contributed by atoms with E-state index in [0.29, 0.717) is 12.0 Å². The van der Waals surface area contributed by atoms with Gasteiger partial charge in [0.1, 0.15) is 0 Å². The molecule has 0 aliphatic heterocycles. The van der Waals surface area contributed by atoms with Crippen LogP contribution in [0.5, 0.6) is 0 Å². The van der Waals surface area contributed by atoms with Gasteiger partial charge in [-0.15, -0.1) is 0 Å². The highest BCUT2D eigenvalue weighted by Gasteiger charge is 2.33. The highest BCUT2D eigenvalue weighted by molar-refractivity contribution is 5.73. The lowest BCUT2D eigenvalue weighted by molar-refractivity contribution is -0.132. The van der Waals surface area contributed by atoms with Crippen molar-refractivity contribution in [2.24, 2.45) is 5.92 Å². The molecule has 2 aliphatic carbocycles. The van der Waals surface area contributed by atoms with Crippen molar-refractivity contribution in [3.05, 3.63) is 11.6 Å². The molecule has 0 N–H and O–H groups in total. The SMILES string of the molecule is CC(=O)N(CCCN(C)C)C1CCCCC1C1=CCCCC1. The van der Waals surface area contributed by atoms with Crippen molar-refractivity contribution in [1.29, 1.82) is 0 Å². The number of carbonyl (C=O) groups is 1. The van der Waals surface area contributed by atoms with Crippen molar-refractivity contribution >= 4 is 5.91 Å². The number of allylic oxidation sites excluding steroid dienone is 1. The minimum atomic E-state index is 0.270. The van der Waals surface area contributed by atoms with E-state index in [0.717, 1.165) is 19.5 Å². The molecule has 0 saturated heterocycles. The van der Waals surface area contributed by atoms with E-state index in [2.05, 4.69) is 30.0 Å². The number of hydrogen-bond acceptors (Lipinski definition) is 2. The van der Waals surface area contributed by atoms with Crippen molar-refractivity contribution in [2.45, 2.75) is 70.8 Å². The van der Waals surface area contributed by atoms with E-state index < -0.39 is 0 Å². The molecule has 3 nitrogen and oxygen atoms in total. The van der Waals surface area contributed by atoms with Gasteiger partial charge in [-0.05, 0) is 65.6 Å². The minimum absolute atomic E-state index is 0.270. The summed E-state index contributed by atoms with van der Waals surface area (Å²) in [6.45, 7) is 3.74. The van der Waals surface area contributed by atoms with Crippen molar-refractivity contribution in [3.8, 4) is 0 Å². The first-order valence-corrected chi connectivity index (χ1v) is 9.20. The molecule has 1 amide bonds. The second-order valence-electron chi connectivity index (χ2n) is 7.35. The van der Waals surface area contributed by atoms with Crippen LogP contribution in [-0.2, 0) is 4.79 Å². The number of hydrogen-bond donors (Lipinski definition) is 0. The average molecular weight is 306 g/mol. The maximum absolute atomic E-state index is 12.2. The van der Waals surface area contributed by atoms with Crippen molar-refractivity contribution in [3.63, 3.8) is 0 Å². The quantitative estimate of drug-likeness (QED) is 0.696. The average Bonchev–Trinajstić information content (AvgIpc) is 2.52. The van der Waals surface area contributed by atoms with E-state index in [9.17, 15) is 4.79 Å². The molecule has 0 aromatic carbocycles. The Balaban J connectivity index is 2.05. The van der Waals surface area contributed by atoms with Gasteiger partial charge in [-0.3, -0.25) is 4.79 Å². The van der Waals surface area contributed by atoms with Gasteiger partial charge in [0, 0.05) is 25.4 Å². The monoisotopic (exact) mass is 306 g/mol. The smallest absolute Gasteiger partial charge is 0.219 e. The van der Waals surface area contributed by atoms with Crippen LogP contribution in [0.1, 0.15) is 64.7 Å². The summed E-state index contributed by atoms with van der Waals surface area (Å²) in [6, 6.07) is 0.456. The van der Waals surface area contributed by atoms with Gasteiger partial charge in [-0.1, -0.05) is 24.5 Å². The van der Waals surface area contributed by atoms with E-state index in [1.54, 1.807) is 12.5 Å². The highest BCUT2D eigenvalue weighted by Crippen LogP contribution is 2.37. The zero-order valence-electron chi connectivity index (χ0n) is 14.8. The van der Waals surface area contributed by atoms with Gasteiger partial charge in [0.25, 0.3) is 0 Å². The summed E-state index contributed by atoms with van der Waals surface area (Å²) in [6.07, 6.45) is 13.9. The van der Waals surface area contributed by atoms with E-state index >= 15 is 0 Å². The summed E-state index contributed by atoms with van der Waals surface area (Å²) >= 11 is 0. The fraction of sp³-hybridized carbons (Fsp3) is 0.842. The van der Waals surface area contributed by atoms with Gasteiger partial charge < -0.3 is 9.80 Å². The van der Waals surface area contributed by atoms with Crippen LogP contribution in [-0.4, -0.2) is 48.9 Å². The third-order valence-corrected chi connectivity index (χ3v) is 5.34. The van der Waals surface area contributed by atoms with Gasteiger partial charge in [0.15, 0.2) is 0 Å². The third-order valence-electron chi connectivity index (χ3n) is 5.34. The lowest BCUT2D eigenvalue weighted by Crippen LogP contribution is -2.46. The summed E-state index contributed by atoms with van der Waals surface area (Å²) in [5, 5.41) is 0. The Morgan fingerprint density at radius 1 is 1.14 bits per heavy atom. The fourth-order valence-corrected chi connectivity index (χ4v) is 4.23. The molecule has 2 atom stereocenters. The molecule has 0 radical (unpaired) electrons. The predicted octanol–water partition coefficient (Wildman–Crippen LogP) is 3.85. The largest absolute Gasteiger partial charge is 0.339 e. The maximum atomic E-state index is 12.2. The fourth-order valence-electron chi connectivity index (χ4n) is 4.23. The Labute approximate surface area is 136 Å². The lowest BCUT2D eigenvalue weighted by atomic mass is 9.75. The van der Waals surface area contributed by atoms with Gasteiger partial charge in [-0.2, -0.15) is 0 Å². The van der Waals surface area contributed by atoms with Crippen LogP contribution >= 0.6 is 0 Å².